The van der Waals surface area contributed by atoms with Gasteiger partial charge in [-0.2, -0.15) is 5.10 Å². The van der Waals surface area contributed by atoms with Crippen LogP contribution in [0, 0.1) is 0 Å². The van der Waals surface area contributed by atoms with E-state index in [0.717, 1.165) is 22.6 Å². The first-order valence-electron chi connectivity index (χ1n) is 11.0. The summed E-state index contributed by atoms with van der Waals surface area (Å²) in [6.07, 6.45) is 1.51. The van der Waals surface area contributed by atoms with E-state index >= 15 is 0 Å². The quantitative estimate of drug-likeness (QED) is 0.784. The second-order valence-electron chi connectivity index (χ2n) is 8.24. The summed E-state index contributed by atoms with van der Waals surface area (Å²) in [4.78, 5) is 14.0. The van der Waals surface area contributed by atoms with Gasteiger partial charge in [0, 0.05) is 43.5 Å². The zero-order valence-corrected chi connectivity index (χ0v) is 18.3. The van der Waals surface area contributed by atoms with E-state index in [-0.39, 0.29) is 17.9 Å². The minimum Gasteiger partial charge on any atom is -0.507 e. The normalized spacial score (nSPS) is 20.8. The molecule has 2 aromatic carbocycles. The van der Waals surface area contributed by atoms with Gasteiger partial charge >= 0.3 is 6.09 Å². The Morgan fingerprint density at radius 3 is 2.72 bits per heavy atom. The molecule has 3 aliphatic rings. The summed E-state index contributed by atoms with van der Waals surface area (Å²) in [6.45, 7) is 3.17. The van der Waals surface area contributed by atoms with Crippen LogP contribution in [0.5, 0.6) is 17.2 Å². The molecular formula is C24H27N3O5. The van der Waals surface area contributed by atoms with Crippen LogP contribution in [0.2, 0.25) is 0 Å². The fraction of sp³-hybridized carbons (Fsp3) is 0.417. The van der Waals surface area contributed by atoms with Gasteiger partial charge in [0.1, 0.15) is 5.75 Å². The van der Waals surface area contributed by atoms with Crippen molar-refractivity contribution in [3.63, 3.8) is 0 Å². The Balaban J connectivity index is 1.53. The van der Waals surface area contributed by atoms with Gasteiger partial charge in [-0.05, 0) is 25.1 Å². The molecule has 5 rings (SSSR count). The highest BCUT2D eigenvalue weighted by molar-refractivity contribution is 6.04. The number of amides is 1. The predicted molar refractivity (Wildman–Crippen MR) is 118 cm³/mol. The number of hydrogen-bond donors (Lipinski definition) is 1. The molecule has 8 heteroatoms. The van der Waals surface area contributed by atoms with Crippen LogP contribution < -0.4 is 9.47 Å². The van der Waals surface area contributed by atoms with Crippen LogP contribution in [0.15, 0.2) is 47.6 Å². The molecule has 1 fully saturated rings. The van der Waals surface area contributed by atoms with E-state index in [4.69, 9.17) is 19.3 Å². The number of aromatic hydroxyl groups is 1. The maximum absolute atomic E-state index is 12.2. The van der Waals surface area contributed by atoms with Crippen molar-refractivity contribution in [2.75, 3.05) is 26.8 Å². The van der Waals surface area contributed by atoms with E-state index < -0.39 is 5.72 Å². The summed E-state index contributed by atoms with van der Waals surface area (Å²) in [6, 6.07) is 13.1. The van der Waals surface area contributed by atoms with Gasteiger partial charge in [-0.15, -0.1) is 0 Å². The largest absolute Gasteiger partial charge is 0.507 e. The molecule has 1 N–H and O–H groups in total. The number of para-hydroxylation sites is 2. The molecule has 2 aromatic rings. The summed E-state index contributed by atoms with van der Waals surface area (Å²) in [7, 11) is 1.64. The van der Waals surface area contributed by atoms with Gasteiger partial charge < -0.3 is 24.2 Å². The molecule has 0 radical (unpaired) electrons. The van der Waals surface area contributed by atoms with Gasteiger partial charge in [0.15, 0.2) is 11.5 Å². The lowest BCUT2D eigenvalue weighted by atomic mass is 9.90. The maximum Gasteiger partial charge on any atom is 0.409 e. The van der Waals surface area contributed by atoms with Gasteiger partial charge in [-0.3, -0.25) is 0 Å². The Morgan fingerprint density at radius 2 is 2.00 bits per heavy atom. The predicted octanol–water partition coefficient (Wildman–Crippen LogP) is 3.89. The molecule has 168 valence electrons. The lowest BCUT2D eigenvalue weighted by Crippen LogP contribution is -2.59. The third kappa shape index (κ3) is 3.21. The van der Waals surface area contributed by atoms with Crippen molar-refractivity contribution in [1.29, 1.82) is 0 Å². The zero-order valence-electron chi connectivity index (χ0n) is 18.3. The van der Waals surface area contributed by atoms with Crippen LogP contribution in [0.4, 0.5) is 4.79 Å². The summed E-state index contributed by atoms with van der Waals surface area (Å²) in [5.41, 5.74) is 1.85. The van der Waals surface area contributed by atoms with E-state index in [9.17, 15) is 9.90 Å². The Bertz CT molecular complexity index is 1060. The average Bonchev–Trinajstić information content (AvgIpc) is 3.26. The number of likely N-dealkylation sites (tertiary alicyclic amines) is 1. The van der Waals surface area contributed by atoms with Crippen LogP contribution in [0.1, 0.15) is 43.4 Å². The number of hydrogen-bond acceptors (Lipinski definition) is 7. The van der Waals surface area contributed by atoms with Gasteiger partial charge in [0.2, 0.25) is 5.72 Å². The summed E-state index contributed by atoms with van der Waals surface area (Å²) in [5, 5.41) is 17.4. The van der Waals surface area contributed by atoms with E-state index in [1.807, 2.05) is 35.3 Å². The Morgan fingerprint density at radius 1 is 1.22 bits per heavy atom. The van der Waals surface area contributed by atoms with Gasteiger partial charge in [-0.25, -0.2) is 9.80 Å². The Hall–Kier alpha value is -3.42. The van der Waals surface area contributed by atoms with Gasteiger partial charge in [0.25, 0.3) is 0 Å². The number of piperidine rings is 1. The maximum atomic E-state index is 12.2. The first-order chi connectivity index (χ1) is 15.6. The van der Waals surface area contributed by atoms with Crippen molar-refractivity contribution in [2.24, 2.45) is 5.10 Å². The lowest BCUT2D eigenvalue weighted by Gasteiger charge is -2.51. The first-order valence-corrected chi connectivity index (χ1v) is 11.0. The molecule has 0 aliphatic carbocycles. The van der Waals surface area contributed by atoms with Crippen molar-refractivity contribution < 1.29 is 24.1 Å². The standard InChI is InChI=1S/C24H27N3O5/c1-3-31-23(29)26-13-11-24(12-14-26)27-19(17-8-6-10-21(30-2)22(17)32-24)15-18(25-27)16-7-4-5-9-20(16)28/h4-10,19,28H,3,11-15H2,1-2H3/t19-/m0/s1. The molecule has 0 bridgehead atoms. The van der Waals surface area contributed by atoms with Gasteiger partial charge in [-0.1, -0.05) is 24.3 Å². The molecule has 32 heavy (non-hydrogen) atoms. The van der Waals surface area contributed by atoms with Crippen LogP contribution in [-0.2, 0) is 4.74 Å². The van der Waals surface area contributed by atoms with Crippen molar-refractivity contribution >= 4 is 11.8 Å². The molecule has 3 aliphatic heterocycles. The van der Waals surface area contributed by atoms with E-state index in [1.54, 1.807) is 31.1 Å². The van der Waals surface area contributed by atoms with Crippen LogP contribution in [-0.4, -0.2) is 59.4 Å². The summed E-state index contributed by atoms with van der Waals surface area (Å²) >= 11 is 0. The molecule has 1 spiro atoms. The van der Waals surface area contributed by atoms with Crippen molar-refractivity contribution in [3.05, 3.63) is 53.6 Å². The fourth-order valence-electron chi connectivity index (χ4n) is 4.90. The minimum atomic E-state index is -0.707. The lowest BCUT2D eigenvalue weighted by molar-refractivity contribution is -0.148. The number of hydrazone groups is 1. The highest BCUT2D eigenvalue weighted by atomic mass is 16.6. The summed E-state index contributed by atoms with van der Waals surface area (Å²) < 4.78 is 17.4. The van der Waals surface area contributed by atoms with Crippen LogP contribution in [0.3, 0.4) is 0 Å². The third-order valence-corrected chi connectivity index (χ3v) is 6.49. The molecule has 1 amide bonds. The molecule has 0 unspecified atom stereocenters. The fourth-order valence-corrected chi connectivity index (χ4v) is 4.90. The number of methoxy groups -OCH3 is 1. The second kappa shape index (κ2) is 7.93. The molecule has 0 saturated carbocycles. The van der Waals surface area contributed by atoms with Crippen LogP contribution in [0.25, 0.3) is 0 Å². The molecule has 1 atom stereocenters. The van der Waals surface area contributed by atoms with Crippen molar-refractivity contribution in [1.82, 2.24) is 9.91 Å². The number of phenolic OH excluding ortho intramolecular Hbond substituents is 1. The minimum absolute atomic E-state index is 0.0439. The number of rotatable bonds is 3. The monoisotopic (exact) mass is 437 g/mol. The van der Waals surface area contributed by atoms with Crippen LogP contribution >= 0.6 is 0 Å². The molecule has 1 saturated heterocycles. The topological polar surface area (TPSA) is 83.8 Å². The van der Waals surface area contributed by atoms with Crippen molar-refractivity contribution in [3.8, 4) is 17.2 Å². The average molecular weight is 437 g/mol. The highest BCUT2D eigenvalue weighted by Gasteiger charge is 2.53. The van der Waals surface area contributed by atoms with E-state index in [0.29, 0.717) is 44.7 Å². The number of benzene rings is 2. The molecule has 3 heterocycles. The number of carbonyl (C=O) groups is 1. The van der Waals surface area contributed by atoms with Gasteiger partial charge in [0.05, 0.1) is 25.5 Å². The summed E-state index contributed by atoms with van der Waals surface area (Å²) in [5.74, 6) is 1.63. The number of nitrogens with zero attached hydrogens (tertiary/aromatic N) is 3. The van der Waals surface area contributed by atoms with E-state index in [1.165, 1.54) is 0 Å². The molecule has 8 nitrogen and oxygen atoms in total. The smallest absolute Gasteiger partial charge is 0.409 e. The Labute approximate surface area is 187 Å². The first kappa shape index (κ1) is 20.5. The second-order valence-corrected chi connectivity index (χ2v) is 8.24. The number of carbonyl (C=O) groups excluding carboxylic acids is 1. The number of phenols is 1. The number of ether oxygens (including phenoxy) is 3. The Kier molecular flexibility index (Phi) is 5.07. The zero-order chi connectivity index (χ0) is 22.3. The molecule has 0 aromatic heterocycles. The third-order valence-electron chi connectivity index (χ3n) is 6.49. The molecular weight excluding hydrogens is 410 g/mol. The SMILES string of the molecule is CCOC(=O)N1CCC2(CC1)Oc1c(OC)cccc1[C@@H]1CC(c3ccccc3O)=NN12. The van der Waals surface area contributed by atoms with E-state index in [2.05, 4.69) is 0 Å². The highest BCUT2D eigenvalue weighted by Crippen LogP contribution is 2.53. The van der Waals surface area contributed by atoms with Crippen molar-refractivity contribution in [2.45, 2.75) is 38.0 Å². The number of fused-ring (bicyclic) bond motifs is 4.